The monoisotopic (exact) mass is 267 g/mol. The average Bonchev–Trinajstić information content (AvgIpc) is 3.10. The molecule has 0 radical (unpaired) electrons. The molecule has 1 fully saturated rings. The Kier molecular flexibility index (Phi) is 4.52. The van der Waals surface area contributed by atoms with Crippen molar-refractivity contribution < 1.29 is 4.74 Å². The zero-order chi connectivity index (χ0) is 13.1. The Morgan fingerprint density at radius 3 is 2.72 bits per heavy atom. The van der Waals surface area contributed by atoms with E-state index in [-0.39, 0.29) is 0 Å². The molecule has 3 heteroatoms. The van der Waals surface area contributed by atoms with Gasteiger partial charge in [0.2, 0.25) is 0 Å². The van der Waals surface area contributed by atoms with Gasteiger partial charge in [-0.3, -0.25) is 0 Å². The van der Waals surface area contributed by atoms with Crippen molar-refractivity contribution in [3.05, 3.63) is 28.3 Å². The molecule has 0 spiro atoms. The molecule has 2 nitrogen and oxygen atoms in total. The van der Waals surface area contributed by atoms with Crippen LogP contribution in [0.2, 0.25) is 5.02 Å². The van der Waals surface area contributed by atoms with Gasteiger partial charge >= 0.3 is 0 Å². The lowest BCUT2D eigenvalue weighted by Gasteiger charge is -2.14. The summed E-state index contributed by atoms with van der Waals surface area (Å²) in [6, 6.07) is 4.83. The highest BCUT2D eigenvalue weighted by molar-refractivity contribution is 6.31. The first-order valence-corrected chi connectivity index (χ1v) is 7.12. The maximum atomic E-state index is 6.24. The summed E-state index contributed by atoms with van der Waals surface area (Å²) in [5.41, 5.74) is 2.27. The van der Waals surface area contributed by atoms with Gasteiger partial charge in [-0.1, -0.05) is 25.4 Å². The van der Waals surface area contributed by atoms with Gasteiger partial charge in [0.1, 0.15) is 12.4 Å². The predicted molar refractivity (Wildman–Crippen MR) is 76.8 cm³/mol. The van der Waals surface area contributed by atoms with Crippen LogP contribution in [0.4, 0.5) is 0 Å². The topological polar surface area (TPSA) is 21.3 Å². The number of halogens is 1. The lowest BCUT2D eigenvalue weighted by Crippen LogP contribution is -2.23. The van der Waals surface area contributed by atoms with Crippen molar-refractivity contribution in [2.75, 3.05) is 13.2 Å². The van der Waals surface area contributed by atoms with Gasteiger partial charge in [0.25, 0.3) is 0 Å². The number of ether oxygens (including phenoxy) is 1. The lowest BCUT2D eigenvalue weighted by molar-refractivity contribution is 0.311. The van der Waals surface area contributed by atoms with Crippen LogP contribution in [0.15, 0.2) is 12.1 Å². The molecule has 2 rings (SSSR count). The summed E-state index contributed by atoms with van der Waals surface area (Å²) < 4.78 is 5.84. The second-order valence-electron chi connectivity index (χ2n) is 5.37. The number of nitrogens with one attached hydrogen (secondary N) is 1. The Balaban J connectivity index is 1.94. The van der Waals surface area contributed by atoms with Crippen LogP contribution >= 0.6 is 11.6 Å². The third-order valence-electron chi connectivity index (χ3n) is 3.29. The van der Waals surface area contributed by atoms with Gasteiger partial charge in [-0.15, -0.1) is 0 Å². The number of benzene rings is 1. The van der Waals surface area contributed by atoms with Gasteiger partial charge in [-0.05, 0) is 48.9 Å². The summed E-state index contributed by atoms with van der Waals surface area (Å²) in [5, 5.41) is 4.28. The standard InChI is InChI=1S/C15H22ClNO/c1-10(2)13-9-15(11(3)8-14(13)16)18-7-6-17-12-4-5-12/h8-10,12,17H,4-7H2,1-3H3. The van der Waals surface area contributed by atoms with Crippen LogP contribution in [0.25, 0.3) is 0 Å². The number of hydrogen-bond donors (Lipinski definition) is 1. The van der Waals surface area contributed by atoms with Crippen LogP contribution in [-0.4, -0.2) is 19.2 Å². The van der Waals surface area contributed by atoms with Gasteiger partial charge in [-0.2, -0.15) is 0 Å². The Labute approximate surface area is 115 Å². The van der Waals surface area contributed by atoms with Crippen molar-refractivity contribution in [1.29, 1.82) is 0 Å². The molecule has 1 aromatic carbocycles. The second kappa shape index (κ2) is 5.94. The van der Waals surface area contributed by atoms with E-state index in [0.717, 1.165) is 41.1 Å². The maximum Gasteiger partial charge on any atom is 0.122 e. The molecule has 1 aromatic rings. The van der Waals surface area contributed by atoms with Crippen LogP contribution in [0.5, 0.6) is 5.75 Å². The van der Waals surface area contributed by atoms with Crippen LogP contribution < -0.4 is 10.1 Å². The molecular formula is C15H22ClNO. The van der Waals surface area contributed by atoms with E-state index in [1.807, 2.05) is 13.0 Å². The van der Waals surface area contributed by atoms with E-state index in [1.165, 1.54) is 12.8 Å². The highest BCUT2D eigenvalue weighted by Crippen LogP contribution is 2.31. The quantitative estimate of drug-likeness (QED) is 0.790. The fraction of sp³-hybridized carbons (Fsp3) is 0.600. The van der Waals surface area contributed by atoms with Gasteiger partial charge in [0.15, 0.2) is 0 Å². The summed E-state index contributed by atoms with van der Waals surface area (Å²) in [7, 11) is 0. The molecule has 1 saturated carbocycles. The third kappa shape index (κ3) is 3.63. The first kappa shape index (κ1) is 13.7. The number of aryl methyl sites for hydroxylation is 1. The number of rotatable bonds is 6. The van der Waals surface area contributed by atoms with E-state index in [0.29, 0.717) is 5.92 Å². The minimum atomic E-state index is 0.421. The molecule has 0 aliphatic heterocycles. The average molecular weight is 268 g/mol. The third-order valence-corrected chi connectivity index (χ3v) is 3.61. The lowest BCUT2D eigenvalue weighted by atomic mass is 10.0. The van der Waals surface area contributed by atoms with Crippen LogP contribution in [0.3, 0.4) is 0 Å². The second-order valence-corrected chi connectivity index (χ2v) is 5.78. The minimum absolute atomic E-state index is 0.421. The minimum Gasteiger partial charge on any atom is -0.492 e. The van der Waals surface area contributed by atoms with E-state index in [9.17, 15) is 0 Å². The van der Waals surface area contributed by atoms with Crippen molar-refractivity contribution in [3.8, 4) is 5.75 Å². The van der Waals surface area contributed by atoms with Crippen molar-refractivity contribution >= 4 is 11.6 Å². The molecule has 0 amide bonds. The number of hydrogen-bond acceptors (Lipinski definition) is 2. The SMILES string of the molecule is Cc1cc(Cl)c(C(C)C)cc1OCCNC1CC1. The molecule has 1 aliphatic rings. The predicted octanol–water partition coefficient (Wildman–Crippen LogP) is 3.90. The summed E-state index contributed by atoms with van der Waals surface area (Å²) >= 11 is 6.24. The van der Waals surface area contributed by atoms with Crippen molar-refractivity contribution in [3.63, 3.8) is 0 Å². The summed E-state index contributed by atoms with van der Waals surface area (Å²) in [6.45, 7) is 7.98. The Morgan fingerprint density at radius 1 is 1.39 bits per heavy atom. The molecule has 0 heterocycles. The molecule has 0 saturated heterocycles. The molecule has 100 valence electrons. The van der Waals surface area contributed by atoms with E-state index >= 15 is 0 Å². The van der Waals surface area contributed by atoms with E-state index in [4.69, 9.17) is 16.3 Å². The molecule has 0 aromatic heterocycles. The Bertz CT molecular complexity index is 413. The molecule has 1 N–H and O–H groups in total. The maximum absolute atomic E-state index is 6.24. The summed E-state index contributed by atoms with van der Waals surface area (Å²) in [5.74, 6) is 1.38. The molecule has 18 heavy (non-hydrogen) atoms. The molecule has 0 atom stereocenters. The molecular weight excluding hydrogens is 246 g/mol. The molecule has 0 bridgehead atoms. The zero-order valence-electron chi connectivity index (χ0n) is 11.4. The largest absolute Gasteiger partial charge is 0.492 e. The van der Waals surface area contributed by atoms with Crippen LogP contribution in [-0.2, 0) is 0 Å². The smallest absolute Gasteiger partial charge is 0.122 e. The van der Waals surface area contributed by atoms with Gasteiger partial charge in [0.05, 0.1) is 0 Å². The van der Waals surface area contributed by atoms with Crippen molar-refractivity contribution in [2.45, 2.75) is 45.6 Å². The molecule has 1 aliphatic carbocycles. The van der Waals surface area contributed by atoms with Crippen LogP contribution in [0.1, 0.15) is 43.7 Å². The van der Waals surface area contributed by atoms with Gasteiger partial charge in [0, 0.05) is 17.6 Å². The molecule has 0 unspecified atom stereocenters. The highest BCUT2D eigenvalue weighted by Gasteiger charge is 2.19. The zero-order valence-corrected chi connectivity index (χ0v) is 12.2. The van der Waals surface area contributed by atoms with E-state index in [2.05, 4.69) is 25.2 Å². The first-order chi connectivity index (χ1) is 8.58. The summed E-state index contributed by atoms with van der Waals surface area (Å²) in [4.78, 5) is 0. The van der Waals surface area contributed by atoms with Gasteiger partial charge in [-0.25, -0.2) is 0 Å². The van der Waals surface area contributed by atoms with Gasteiger partial charge < -0.3 is 10.1 Å². The van der Waals surface area contributed by atoms with Crippen LogP contribution in [0, 0.1) is 6.92 Å². The summed E-state index contributed by atoms with van der Waals surface area (Å²) in [6.07, 6.45) is 2.63. The Morgan fingerprint density at radius 2 is 2.11 bits per heavy atom. The fourth-order valence-corrected chi connectivity index (χ4v) is 2.41. The van der Waals surface area contributed by atoms with E-state index in [1.54, 1.807) is 0 Å². The normalized spacial score (nSPS) is 15.2. The van der Waals surface area contributed by atoms with E-state index < -0.39 is 0 Å². The Hall–Kier alpha value is -0.730. The highest BCUT2D eigenvalue weighted by atomic mass is 35.5. The first-order valence-electron chi connectivity index (χ1n) is 6.74. The van der Waals surface area contributed by atoms with Crippen molar-refractivity contribution in [2.24, 2.45) is 0 Å². The van der Waals surface area contributed by atoms with Crippen molar-refractivity contribution in [1.82, 2.24) is 5.32 Å². The fourth-order valence-electron chi connectivity index (χ4n) is 1.98.